The van der Waals surface area contributed by atoms with Gasteiger partial charge in [0, 0.05) is 10.2 Å². The summed E-state index contributed by atoms with van der Waals surface area (Å²) in [7, 11) is 1.16. The molecule has 2 aromatic carbocycles. The average Bonchev–Trinajstić information content (AvgIpc) is 2.30. The predicted molar refractivity (Wildman–Crippen MR) is 73.2 cm³/mol. The van der Waals surface area contributed by atoms with Crippen LogP contribution in [0, 0.1) is 0 Å². The normalized spacial score (nSPS) is 9.93. The van der Waals surface area contributed by atoms with Crippen LogP contribution in [0.3, 0.4) is 0 Å². The van der Waals surface area contributed by atoms with Gasteiger partial charge in [0.15, 0.2) is 0 Å². The lowest BCUT2D eigenvalue weighted by molar-refractivity contribution is 1.14. The van der Waals surface area contributed by atoms with Gasteiger partial charge in [0.25, 0.3) is 0 Å². The van der Waals surface area contributed by atoms with Gasteiger partial charge in [0.1, 0.15) is 0 Å². The lowest BCUT2D eigenvalue weighted by Crippen LogP contribution is -1.99. The average molecular weight is 225 g/mol. The molecule has 0 aromatic heterocycles. The van der Waals surface area contributed by atoms with Gasteiger partial charge in [-0.25, -0.2) is 0 Å². The Morgan fingerprint density at radius 2 is 1.00 bits per heavy atom. The molecule has 0 heterocycles. The summed E-state index contributed by atoms with van der Waals surface area (Å²) in [5.74, 6) is 0. The van der Waals surface area contributed by atoms with Crippen molar-refractivity contribution in [2.45, 2.75) is 5.54 Å². The monoisotopic (exact) mass is 224 g/mol. The van der Waals surface area contributed by atoms with E-state index in [0.717, 1.165) is 10.2 Å². The van der Waals surface area contributed by atoms with E-state index in [2.05, 4.69) is 60.7 Å². The third-order valence-electron chi connectivity index (χ3n) is 2.60. The highest BCUT2D eigenvalue weighted by Gasteiger charge is 2.05. The first-order chi connectivity index (χ1) is 6.88. The second kappa shape index (κ2) is 6.10. The van der Waals surface area contributed by atoms with Crippen LogP contribution in [0.25, 0.3) is 0 Å². The topological polar surface area (TPSA) is 0 Å². The van der Waals surface area contributed by atoms with Crippen molar-refractivity contribution in [3.8, 4) is 0 Å². The van der Waals surface area contributed by atoms with Crippen molar-refractivity contribution in [3.63, 3.8) is 0 Å². The molecule has 0 atom stereocenters. The molecular formula is C13H16MgSi. The quantitative estimate of drug-likeness (QED) is 0.673. The van der Waals surface area contributed by atoms with Crippen LogP contribution in [0.4, 0.5) is 0 Å². The van der Waals surface area contributed by atoms with E-state index in [9.17, 15) is 0 Å². The molecule has 0 bridgehead atoms. The zero-order valence-electron chi connectivity index (χ0n) is 8.35. The van der Waals surface area contributed by atoms with E-state index in [4.69, 9.17) is 0 Å². The summed E-state index contributed by atoms with van der Waals surface area (Å²) in [5.41, 5.74) is 3.49. The molecule has 0 unspecified atom stereocenters. The first-order valence-electron chi connectivity index (χ1n) is 4.98. The summed E-state index contributed by atoms with van der Waals surface area (Å²) in [6.07, 6.45) is 0. The predicted octanol–water partition coefficient (Wildman–Crippen LogP) is 1.23. The number of hydrogen-bond donors (Lipinski definition) is 0. The van der Waals surface area contributed by atoms with Crippen LogP contribution in [0.2, 0.25) is 0 Å². The number of hydrogen-bond acceptors (Lipinski definition) is 0. The number of benzene rings is 2. The molecule has 0 N–H and O–H groups in total. The minimum Gasteiger partial charge on any atom is -0.0622 e. The van der Waals surface area contributed by atoms with Crippen molar-refractivity contribution >= 4 is 33.3 Å². The van der Waals surface area contributed by atoms with Crippen LogP contribution in [-0.4, -0.2) is 33.3 Å². The minimum atomic E-state index is 0. The molecule has 15 heavy (non-hydrogen) atoms. The van der Waals surface area contributed by atoms with Crippen molar-refractivity contribution in [3.05, 3.63) is 71.8 Å². The lowest BCUT2D eigenvalue weighted by Gasteiger charge is -2.11. The van der Waals surface area contributed by atoms with Crippen LogP contribution >= 0.6 is 0 Å². The van der Waals surface area contributed by atoms with Crippen LogP contribution < -0.4 is 0 Å². The highest BCUT2D eigenvalue weighted by molar-refractivity contribution is 6.14. The Morgan fingerprint density at radius 1 is 0.667 bits per heavy atom. The standard InChI is InChI=1S/C13H14Si.Mg.2H/c14-13(11-7-3-1-4-8-11)12-9-5-2-6-10-12;;;/h1-10,13H,14H3;;;. The molecule has 0 saturated heterocycles. The summed E-state index contributed by atoms with van der Waals surface area (Å²) in [6.45, 7) is 0. The van der Waals surface area contributed by atoms with E-state index in [0.29, 0.717) is 5.54 Å². The maximum Gasteiger partial charge on any atom is 0.316 e. The Kier molecular flexibility index (Phi) is 5.08. The van der Waals surface area contributed by atoms with Gasteiger partial charge in [0.2, 0.25) is 0 Å². The van der Waals surface area contributed by atoms with Crippen molar-refractivity contribution in [1.29, 1.82) is 0 Å². The molecule has 0 spiro atoms. The molecule has 0 radical (unpaired) electrons. The molecule has 0 amide bonds. The van der Waals surface area contributed by atoms with Crippen LogP contribution in [0.15, 0.2) is 60.7 Å². The van der Waals surface area contributed by atoms with Crippen LogP contribution in [0.5, 0.6) is 0 Å². The Balaban J connectivity index is 0.00000112. The van der Waals surface area contributed by atoms with Crippen LogP contribution in [0.1, 0.15) is 16.7 Å². The largest absolute Gasteiger partial charge is 0.316 e. The molecule has 74 valence electrons. The Morgan fingerprint density at radius 3 is 1.33 bits per heavy atom. The minimum absolute atomic E-state index is 0. The summed E-state index contributed by atoms with van der Waals surface area (Å²) >= 11 is 0. The Bertz CT molecular complexity index is 346. The second-order valence-corrected chi connectivity index (χ2v) is 4.70. The fourth-order valence-corrected chi connectivity index (χ4v) is 2.45. The first kappa shape index (κ1) is 12.5. The van der Waals surface area contributed by atoms with E-state index in [-0.39, 0.29) is 23.1 Å². The summed E-state index contributed by atoms with van der Waals surface area (Å²) in [5, 5.41) is 0. The Hall–Kier alpha value is -0.577. The smallest absolute Gasteiger partial charge is 0.0622 e. The van der Waals surface area contributed by atoms with Crippen LogP contribution in [-0.2, 0) is 0 Å². The molecule has 0 nitrogen and oxygen atoms in total. The highest BCUT2D eigenvalue weighted by atomic mass is 28.1. The fourth-order valence-electron chi connectivity index (χ4n) is 1.68. The number of rotatable bonds is 2. The fraction of sp³-hybridized carbons (Fsp3) is 0.0769. The molecule has 0 saturated carbocycles. The summed E-state index contributed by atoms with van der Waals surface area (Å²) in [4.78, 5) is 0. The zero-order valence-corrected chi connectivity index (χ0v) is 10.4. The molecule has 0 fully saturated rings. The summed E-state index contributed by atoms with van der Waals surface area (Å²) in [6, 6.07) is 21.5. The molecule has 2 rings (SSSR count). The van der Waals surface area contributed by atoms with Crippen molar-refractivity contribution in [2.75, 3.05) is 0 Å². The maximum atomic E-state index is 2.21. The molecule has 0 aliphatic carbocycles. The molecular weight excluding hydrogens is 209 g/mol. The maximum absolute atomic E-state index is 2.21. The van der Waals surface area contributed by atoms with Gasteiger partial charge in [-0.15, -0.1) is 0 Å². The van der Waals surface area contributed by atoms with E-state index < -0.39 is 0 Å². The molecule has 2 aromatic rings. The molecule has 0 aliphatic heterocycles. The van der Waals surface area contributed by atoms with Gasteiger partial charge in [0.05, 0.1) is 0 Å². The summed E-state index contributed by atoms with van der Waals surface area (Å²) < 4.78 is 0. The van der Waals surface area contributed by atoms with Gasteiger partial charge < -0.3 is 0 Å². The third kappa shape index (κ3) is 3.19. The van der Waals surface area contributed by atoms with E-state index in [1.807, 2.05) is 0 Å². The van der Waals surface area contributed by atoms with Gasteiger partial charge in [-0.1, -0.05) is 60.7 Å². The van der Waals surface area contributed by atoms with Crippen molar-refractivity contribution in [1.82, 2.24) is 0 Å². The molecule has 2 heteroatoms. The van der Waals surface area contributed by atoms with Gasteiger partial charge in [-0.3, -0.25) is 0 Å². The van der Waals surface area contributed by atoms with Gasteiger partial charge in [-0.2, -0.15) is 0 Å². The van der Waals surface area contributed by atoms with Gasteiger partial charge >= 0.3 is 23.1 Å². The van der Waals surface area contributed by atoms with E-state index in [1.165, 1.54) is 11.1 Å². The second-order valence-electron chi connectivity index (χ2n) is 3.54. The van der Waals surface area contributed by atoms with Gasteiger partial charge in [-0.05, 0) is 16.7 Å². The van der Waals surface area contributed by atoms with E-state index >= 15 is 0 Å². The lowest BCUT2D eigenvalue weighted by atomic mass is 10.0. The first-order valence-corrected chi connectivity index (χ1v) is 6.13. The third-order valence-corrected chi connectivity index (χ3v) is 3.93. The molecule has 0 aliphatic rings. The van der Waals surface area contributed by atoms with Crippen molar-refractivity contribution in [2.24, 2.45) is 0 Å². The Labute approximate surface area is 110 Å². The van der Waals surface area contributed by atoms with E-state index in [1.54, 1.807) is 0 Å². The highest BCUT2D eigenvalue weighted by Crippen LogP contribution is 2.20. The van der Waals surface area contributed by atoms with Crippen molar-refractivity contribution < 1.29 is 0 Å². The zero-order chi connectivity index (χ0) is 9.80. The SMILES string of the molecule is [MgH2].[SiH3]C(c1ccccc1)c1ccccc1.